The molecule has 1 aromatic carbocycles. The molecule has 4 heterocycles. The van der Waals surface area contributed by atoms with Gasteiger partial charge in [0, 0.05) is 25.0 Å². The second kappa shape index (κ2) is 10.2. The van der Waals surface area contributed by atoms with Crippen molar-refractivity contribution >= 4 is 28.3 Å². The lowest BCUT2D eigenvalue weighted by Gasteiger charge is -2.30. The van der Waals surface area contributed by atoms with Gasteiger partial charge in [-0.25, -0.2) is 4.68 Å². The van der Waals surface area contributed by atoms with Crippen LogP contribution in [0.15, 0.2) is 53.9 Å². The first kappa shape index (κ1) is 22.9. The molecule has 1 N–H and O–H groups in total. The summed E-state index contributed by atoms with van der Waals surface area (Å²) in [6.45, 7) is 9.22. The van der Waals surface area contributed by atoms with E-state index in [2.05, 4.69) is 52.2 Å². The lowest BCUT2D eigenvalue weighted by atomic mass is 10.0. The molecule has 1 aliphatic heterocycles. The van der Waals surface area contributed by atoms with Crippen LogP contribution in [0.5, 0.6) is 0 Å². The van der Waals surface area contributed by atoms with E-state index in [1.54, 1.807) is 11.3 Å². The van der Waals surface area contributed by atoms with Gasteiger partial charge in [0.1, 0.15) is 17.0 Å². The summed E-state index contributed by atoms with van der Waals surface area (Å²) in [5, 5.41) is 11.2. The standard InChI is InChI=1S/C27H33N5OS/c1-3-31-23(26(33)28-14-9-16-30-15-7-10-20(2)19-30)18-22-25(24-13-8-17-34-24)29-32(27(22)31)21-11-5-4-6-12-21/h4-6,8,11-13,17-18,20H,3,7,9-10,14-16,19H2,1-2H3,(H,28,33). The number of likely N-dealkylation sites (tertiary alicyclic amines) is 1. The van der Waals surface area contributed by atoms with Crippen molar-refractivity contribution in [2.75, 3.05) is 26.2 Å². The number of nitrogens with one attached hydrogen (secondary N) is 1. The number of carbonyl (C=O) groups is 1. The number of amides is 1. The number of rotatable bonds is 8. The summed E-state index contributed by atoms with van der Waals surface area (Å²) in [7, 11) is 0. The quantitative estimate of drug-likeness (QED) is 0.346. The van der Waals surface area contributed by atoms with Gasteiger partial charge >= 0.3 is 0 Å². The van der Waals surface area contributed by atoms with Crippen molar-refractivity contribution in [3.05, 3.63) is 59.6 Å². The predicted octanol–water partition coefficient (Wildman–Crippen LogP) is 5.43. The fraction of sp³-hybridized carbons (Fsp3) is 0.407. The molecule has 4 aromatic rings. The van der Waals surface area contributed by atoms with Gasteiger partial charge in [0.2, 0.25) is 0 Å². The van der Waals surface area contributed by atoms with E-state index in [1.807, 2.05) is 35.0 Å². The Morgan fingerprint density at radius 1 is 1.21 bits per heavy atom. The number of carbonyl (C=O) groups excluding carboxylic acids is 1. The molecule has 1 aliphatic rings. The summed E-state index contributed by atoms with van der Waals surface area (Å²) in [4.78, 5) is 16.9. The molecule has 3 aromatic heterocycles. The maximum absolute atomic E-state index is 13.3. The van der Waals surface area contributed by atoms with Gasteiger partial charge in [-0.1, -0.05) is 31.2 Å². The number of para-hydroxylation sites is 1. The number of thiophene rings is 1. The van der Waals surface area contributed by atoms with Crippen LogP contribution in [0.25, 0.3) is 27.3 Å². The highest BCUT2D eigenvalue weighted by atomic mass is 32.1. The smallest absolute Gasteiger partial charge is 0.267 e. The van der Waals surface area contributed by atoms with Crippen LogP contribution in [0.3, 0.4) is 0 Å². The van der Waals surface area contributed by atoms with Crippen molar-refractivity contribution in [3.63, 3.8) is 0 Å². The third kappa shape index (κ3) is 4.55. The maximum Gasteiger partial charge on any atom is 0.267 e. The number of benzene rings is 1. The molecular weight excluding hydrogens is 442 g/mol. The van der Waals surface area contributed by atoms with Gasteiger partial charge in [0.15, 0.2) is 0 Å². The van der Waals surface area contributed by atoms with Gasteiger partial charge in [-0.05, 0) is 74.8 Å². The third-order valence-corrected chi connectivity index (χ3v) is 7.58. The van der Waals surface area contributed by atoms with Crippen molar-refractivity contribution < 1.29 is 4.79 Å². The Hall–Kier alpha value is -2.90. The number of fused-ring (bicyclic) bond motifs is 1. The van der Waals surface area contributed by atoms with E-state index in [1.165, 1.54) is 25.9 Å². The Bertz CT molecular complexity index is 1240. The van der Waals surface area contributed by atoms with Gasteiger partial charge in [0.25, 0.3) is 5.91 Å². The van der Waals surface area contributed by atoms with Gasteiger partial charge in [-0.2, -0.15) is 5.10 Å². The third-order valence-electron chi connectivity index (χ3n) is 6.71. The van der Waals surface area contributed by atoms with Crippen LogP contribution in [0.4, 0.5) is 0 Å². The summed E-state index contributed by atoms with van der Waals surface area (Å²) in [5.74, 6) is 0.770. The van der Waals surface area contributed by atoms with E-state index < -0.39 is 0 Å². The minimum absolute atomic E-state index is 0.0122. The predicted molar refractivity (Wildman–Crippen MR) is 140 cm³/mol. The van der Waals surface area contributed by atoms with Crippen LogP contribution < -0.4 is 5.32 Å². The maximum atomic E-state index is 13.3. The highest BCUT2D eigenvalue weighted by Gasteiger charge is 2.23. The molecule has 0 spiro atoms. The summed E-state index contributed by atoms with van der Waals surface area (Å²) in [5.41, 5.74) is 3.58. The van der Waals surface area contributed by atoms with Gasteiger partial charge in [0.05, 0.1) is 10.6 Å². The van der Waals surface area contributed by atoms with Crippen molar-refractivity contribution in [2.24, 2.45) is 5.92 Å². The lowest BCUT2D eigenvalue weighted by Crippen LogP contribution is -2.36. The Balaban J connectivity index is 1.41. The number of hydrogen-bond donors (Lipinski definition) is 1. The highest BCUT2D eigenvalue weighted by molar-refractivity contribution is 7.13. The average Bonchev–Trinajstić information content (AvgIpc) is 3.58. The molecule has 5 rings (SSSR count). The van der Waals surface area contributed by atoms with Crippen molar-refractivity contribution in [1.82, 2.24) is 24.6 Å². The van der Waals surface area contributed by atoms with Crippen LogP contribution in [0, 0.1) is 5.92 Å². The highest BCUT2D eigenvalue weighted by Crippen LogP contribution is 2.34. The zero-order valence-corrected chi connectivity index (χ0v) is 20.9. The first-order valence-electron chi connectivity index (χ1n) is 12.4. The van der Waals surface area contributed by atoms with E-state index in [9.17, 15) is 4.79 Å². The van der Waals surface area contributed by atoms with Crippen LogP contribution >= 0.6 is 11.3 Å². The molecule has 1 fully saturated rings. The summed E-state index contributed by atoms with van der Waals surface area (Å²) in [6.07, 6.45) is 3.60. The molecule has 178 valence electrons. The molecule has 34 heavy (non-hydrogen) atoms. The lowest BCUT2D eigenvalue weighted by molar-refractivity contribution is 0.0941. The minimum atomic E-state index is -0.0122. The zero-order valence-electron chi connectivity index (χ0n) is 20.0. The SMILES string of the molecule is CCn1c(C(=O)NCCCN2CCCC(C)C2)cc2c(-c3cccs3)nn(-c3ccccc3)c21. The number of nitrogens with zero attached hydrogens (tertiary/aromatic N) is 4. The second-order valence-corrected chi connectivity index (χ2v) is 10.2. The molecule has 0 bridgehead atoms. The minimum Gasteiger partial charge on any atom is -0.351 e. The largest absolute Gasteiger partial charge is 0.351 e. The number of piperidine rings is 1. The fourth-order valence-corrected chi connectivity index (χ4v) is 5.80. The van der Waals surface area contributed by atoms with Gasteiger partial charge < -0.3 is 14.8 Å². The van der Waals surface area contributed by atoms with E-state index in [4.69, 9.17) is 5.10 Å². The molecule has 6 nitrogen and oxygen atoms in total. The van der Waals surface area contributed by atoms with Crippen LogP contribution in [0.1, 0.15) is 43.6 Å². The van der Waals surface area contributed by atoms with E-state index >= 15 is 0 Å². The average molecular weight is 476 g/mol. The number of hydrogen-bond acceptors (Lipinski definition) is 4. The normalized spacial score (nSPS) is 16.8. The molecule has 1 saturated heterocycles. The molecule has 1 unspecified atom stereocenters. The van der Waals surface area contributed by atoms with Crippen molar-refractivity contribution in [3.8, 4) is 16.3 Å². The fourth-order valence-electron chi connectivity index (χ4n) is 5.08. The summed E-state index contributed by atoms with van der Waals surface area (Å²) < 4.78 is 4.07. The number of aryl methyl sites for hydroxylation is 1. The van der Waals surface area contributed by atoms with Crippen molar-refractivity contribution in [2.45, 2.75) is 39.7 Å². The summed E-state index contributed by atoms with van der Waals surface area (Å²) in [6, 6.07) is 16.3. The topological polar surface area (TPSA) is 55.1 Å². The Labute approximate surface area is 205 Å². The molecule has 1 amide bonds. The zero-order chi connectivity index (χ0) is 23.5. The molecular formula is C27H33N5OS. The molecule has 7 heteroatoms. The van der Waals surface area contributed by atoms with E-state index in [-0.39, 0.29) is 5.91 Å². The van der Waals surface area contributed by atoms with Crippen LogP contribution in [-0.2, 0) is 6.54 Å². The van der Waals surface area contributed by atoms with Gasteiger partial charge in [-0.15, -0.1) is 11.3 Å². The number of aromatic nitrogens is 3. The molecule has 0 aliphatic carbocycles. The molecule has 0 saturated carbocycles. The van der Waals surface area contributed by atoms with Crippen LogP contribution in [0.2, 0.25) is 0 Å². The Kier molecular flexibility index (Phi) is 6.83. The molecule has 1 atom stereocenters. The Morgan fingerprint density at radius 2 is 2.06 bits per heavy atom. The van der Waals surface area contributed by atoms with Gasteiger partial charge in [-0.3, -0.25) is 4.79 Å². The first-order valence-corrected chi connectivity index (χ1v) is 13.3. The monoisotopic (exact) mass is 475 g/mol. The molecule has 0 radical (unpaired) electrons. The summed E-state index contributed by atoms with van der Waals surface area (Å²) >= 11 is 1.67. The second-order valence-electron chi connectivity index (χ2n) is 9.24. The van der Waals surface area contributed by atoms with E-state index in [0.717, 1.165) is 46.2 Å². The first-order chi connectivity index (χ1) is 16.7. The van der Waals surface area contributed by atoms with E-state index in [0.29, 0.717) is 18.8 Å². The van der Waals surface area contributed by atoms with Crippen LogP contribution in [-0.4, -0.2) is 51.3 Å². The van der Waals surface area contributed by atoms with Crippen molar-refractivity contribution in [1.29, 1.82) is 0 Å². The Morgan fingerprint density at radius 3 is 2.79 bits per heavy atom.